The van der Waals surface area contributed by atoms with E-state index in [2.05, 4.69) is 14.7 Å². The number of benzene rings is 1. The normalized spacial score (nSPS) is 11.0. The summed E-state index contributed by atoms with van der Waals surface area (Å²) >= 11 is 17.1. The van der Waals surface area contributed by atoms with Crippen molar-refractivity contribution in [1.29, 1.82) is 5.26 Å². The summed E-state index contributed by atoms with van der Waals surface area (Å²) in [6, 6.07) is 6.75. The molecule has 0 atom stereocenters. The Bertz CT molecular complexity index is 829. The number of rotatable bonds is 3. The van der Waals surface area contributed by atoms with Gasteiger partial charge < -0.3 is 0 Å². The van der Waals surface area contributed by atoms with Crippen LogP contribution in [0.5, 0.6) is 0 Å². The Labute approximate surface area is 135 Å². The molecule has 1 heterocycles. The van der Waals surface area contributed by atoms with Crippen LogP contribution in [-0.2, 0) is 10.0 Å². The van der Waals surface area contributed by atoms with Crippen LogP contribution in [0.25, 0.3) is 0 Å². The van der Waals surface area contributed by atoms with Crippen LogP contribution in [0.3, 0.4) is 0 Å². The second-order valence-electron chi connectivity index (χ2n) is 3.70. The van der Waals surface area contributed by atoms with Crippen LogP contribution in [0.15, 0.2) is 29.2 Å². The second kappa shape index (κ2) is 6.03. The molecule has 0 fully saturated rings. The van der Waals surface area contributed by atoms with E-state index in [1.54, 1.807) is 0 Å². The lowest BCUT2D eigenvalue weighted by Crippen LogP contribution is -2.14. The SMILES string of the molecule is N#Cc1ccc(S(=O)(=O)Nc2cc(Cl)nc(Cl)n2)cc1Cl. The van der Waals surface area contributed by atoms with E-state index in [0.29, 0.717) is 0 Å². The zero-order valence-electron chi connectivity index (χ0n) is 10.0. The zero-order valence-corrected chi connectivity index (χ0v) is 13.1. The summed E-state index contributed by atoms with van der Waals surface area (Å²) in [5.74, 6) is -0.0829. The monoisotopic (exact) mass is 362 g/mol. The summed E-state index contributed by atoms with van der Waals surface area (Å²) in [7, 11) is -3.95. The highest BCUT2D eigenvalue weighted by Gasteiger charge is 2.17. The number of anilines is 1. The average Bonchev–Trinajstić information content (AvgIpc) is 2.36. The summed E-state index contributed by atoms with van der Waals surface area (Å²) in [6.07, 6.45) is 0. The maximum atomic E-state index is 12.2. The Hall–Kier alpha value is -1.59. The molecule has 1 aromatic heterocycles. The molecule has 10 heteroatoms. The first-order valence-corrected chi connectivity index (χ1v) is 7.86. The van der Waals surface area contributed by atoms with Gasteiger partial charge in [0.25, 0.3) is 10.0 Å². The molecule has 0 aliphatic heterocycles. The largest absolute Gasteiger partial charge is 0.263 e. The molecular weight excluding hydrogens is 359 g/mol. The number of nitrogens with zero attached hydrogens (tertiary/aromatic N) is 3. The fraction of sp³-hybridized carbons (Fsp3) is 0. The van der Waals surface area contributed by atoms with E-state index < -0.39 is 10.0 Å². The van der Waals surface area contributed by atoms with Crippen molar-refractivity contribution in [2.75, 3.05) is 4.72 Å². The Kier molecular flexibility index (Phi) is 4.54. The Morgan fingerprint density at radius 2 is 1.86 bits per heavy atom. The third-order valence-corrected chi connectivity index (χ3v) is 4.31. The summed E-state index contributed by atoms with van der Waals surface area (Å²) in [4.78, 5) is 7.17. The number of nitrogens with one attached hydrogen (secondary N) is 1. The van der Waals surface area contributed by atoms with Crippen molar-refractivity contribution in [3.8, 4) is 6.07 Å². The highest BCUT2D eigenvalue weighted by molar-refractivity contribution is 7.92. The number of aromatic nitrogens is 2. The van der Waals surface area contributed by atoms with Gasteiger partial charge in [-0.05, 0) is 29.8 Å². The summed E-state index contributed by atoms with van der Waals surface area (Å²) in [6.45, 7) is 0. The highest BCUT2D eigenvalue weighted by atomic mass is 35.5. The van der Waals surface area contributed by atoms with Crippen LogP contribution in [0.1, 0.15) is 5.56 Å². The van der Waals surface area contributed by atoms with Gasteiger partial charge in [-0.25, -0.2) is 13.4 Å². The van der Waals surface area contributed by atoms with Gasteiger partial charge in [-0.1, -0.05) is 23.2 Å². The van der Waals surface area contributed by atoms with Crippen molar-refractivity contribution < 1.29 is 8.42 Å². The Morgan fingerprint density at radius 3 is 2.43 bits per heavy atom. The molecule has 0 saturated carbocycles. The molecule has 0 spiro atoms. The third-order valence-electron chi connectivity index (χ3n) is 2.28. The van der Waals surface area contributed by atoms with Crippen molar-refractivity contribution in [1.82, 2.24) is 9.97 Å². The molecule has 0 aliphatic rings. The molecule has 21 heavy (non-hydrogen) atoms. The van der Waals surface area contributed by atoms with Crippen molar-refractivity contribution in [3.63, 3.8) is 0 Å². The maximum Gasteiger partial charge on any atom is 0.263 e. The molecule has 2 aromatic rings. The van der Waals surface area contributed by atoms with E-state index in [4.69, 9.17) is 40.1 Å². The van der Waals surface area contributed by atoms with Gasteiger partial charge in [-0.2, -0.15) is 10.2 Å². The van der Waals surface area contributed by atoms with Gasteiger partial charge in [0.05, 0.1) is 15.5 Å². The van der Waals surface area contributed by atoms with Gasteiger partial charge in [0.2, 0.25) is 5.28 Å². The first-order chi connectivity index (χ1) is 9.81. The summed E-state index contributed by atoms with van der Waals surface area (Å²) in [5.41, 5.74) is 0.170. The molecule has 0 bridgehead atoms. The zero-order chi connectivity index (χ0) is 15.6. The average molecular weight is 364 g/mol. The van der Waals surface area contributed by atoms with E-state index in [1.807, 2.05) is 6.07 Å². The topological polar surface area (TPSA) is 95.7 Å². The van der Waals surface area contributed by atoms with E-state index in [1.165, 1.54) is 18.2 Å². The lowest BCUT2D eigenvalue weighted by Gasteiger charge is -2.08. The van der Waals surface area contributed by atoms with Crippen LogP contribution in [0.4, 0.5) is 5.82 Å². The Morgan fingerprint density at radius 1 is 1.14 bits per heavy atom. The number of halogens is 3. The van der Waals surface area contributed by atoms with E-state index >= 15 is 0 Å². The van der Waals surface area contributed by atoms with Crippen molar-refractivity contribution >= 4 is 50.6 Å². The molecular formula is C11H5Cl3N4O2S. The smallest absolute Gasteiger partial charge is 0.263 e. The molecule has 0 amide bonds. The van der Waals surface area contributed by atoms with Crippen LogP contribution in [0.2, 0.25) is 15.5 Å². The van der Waals surface area contributed by atoms with Gasteiger partial charge in [0.15, 0.2) is 0 Å². The minimum absolute atomic E-state index is 0.00874. The standard InChI is InChI=1S/C11H5Cl3N4O2S/c12-8-3-7(2-1-6(8)5-15)21(19,20)18-10-4-9(13)16-11(14)17-10/h1-4H,(H,16,17,18). The molecule has 0 radical (unpaired) electrons. The summed E-state index contributed by atoms with van der Waals surface area (Å²) in [5, 5.41) is 8.58. The van der Waals surface area contributed by atoms with Crippen LogP contribution in [0, 0.1) is 11.3 Å². The minimum atomic E-state index is -3.95. The molecule has 108 valence electrons. The first kappa shape index (κ1) is 15.8. The van der Waals surface area contributed by atoms with Crippen LogP contribution >= 0.6 is 34.8 Å². The van der Waals surface area contributed by atoms with E-state index in [-0.39, 0.29) is 31.7 Å². The quantitative estimate of drug-likeness (QED) is 0.667. The van der Waals surface area contributed by atoms with Gasteiger partial charge >= 0.3 is 0 Å². The second-order valence-corrected chi connectivity index (χ2v) is 6.52. The molecule has 1 aromatic carbocycles. The lowest BCUT2D eigenvalue weighted by molar-refractivity contribution is 0.601. The number of hydrogen-bond acceptors (Lipinski definition) is 5. The minimum Gasteiger partial charge on any atom is -0.263 e. The third kappa shape index (κ3) is 3.74. The molecule has 0 saturated heterocycles. The molecule has 2 rings (SSSR count). The van der Waals surface area contributed by atoms with Crippen LogP contribution in [-0.4, -0.2) is 18.4 Å². The fourth-order valence-electron chi connectivity index (χ4n) is 1.39. The first-order valence-electron chi connectivity index (χ1n) is 5.24. The van der Waals surface area contributed by atoms with Crippen molar-refractivity contribution in [3.05, 3.63) is 45.3 Å². The number of hydrogen-bond donors (Lipinski definition) is 1. The molecule has 0 aliphatic carbocycles. The predicted octanol–water partition coefficient (Wildman–Crippen LogP) is 3.11. The molecule has 1 N–H and O–H groups in total. The van der Waals surface area contributed by atoms with Crippen molar-refractivity contribution in [2.24, 2.45) is 0 Å². The molecule has 0 unspecified atom stereocenters. The van der Waals surface area contributed by atoms with Gasteiger partial charge in [-0.15, -0.1) is 0 Å². The van der Waals surface area contributed by atoms with Crippen LogP contribution < -0.4 is 4.72 Å². The Balaban J connectivity index is 2.39. The highest BCUT2D eigenvalue weighted by Crippen LogP contribution is 2.23. The van der Waals surface area contributed by atoms with Gasteiger partial charge in [0.1, 0.15) is 17.0 Å². The summed E-state index contributed by atoms with van der Waals surface area (Å²) < 4.78 is 26.5. The van der Waals surface area contributed by atoms with E-state index in [9.17, 15) is 8.42 Å². The predicted molar refractivity (Wildman–Crippen MR) is 79.0 cm³/mol. The maximum absolute atomic E-state index is 12.2. The fourth-order valence-corrected chi connectivity index (χ4v) is 3.11. The molecule has 6 nitrogen and oxygen atoms in total. The van der Waals surface area contributed by atoms with Crippen molar-refractivity contribution in [2.45, 2.75) is 4.90 Å². The number of nitriles is 1. The van der Waals surface area contributed by atoms with Gasteiger partial charge in [-0.3, -0.25) is 4.72 Å². The number of sulfonamides is 1. The lowest BCUT2D eigenvalue weighted by atomic mass is 10.2. The van der Waals surface area contributed by atoms with E-state index in [0.717, 1.165) is 6.07 Å². The van der Waals surface area contributed by atoms with Gasteiger partial charge in [0, 0.05) is 6.07 Å².